The molecular weight excluding hydrogens is 223 g/mol. The molecule has 0 aliphatic rings. The fourth-order valence-corrected chi connectivity index (χ4v) is 1.27. The maximum absolute atomic E-state index is 12.8. The fourth-order valence-electron chi connectivity index (χ4n) is 1.27. The summed E-state index contributed by atoms with van der Waals surface area (Å²) in [4.78, 5) is 22.8. The third kappa shape index (κ3) is 3.86. The zero-order chi connectivity index (χ0) is 13.0. The van der Waals surface area contributed by atoms with E-state index in [0.717, 1.165) is 0 Å². The van der Waals surface area contributed by atoms with Crippen molar-refractivity contribution >= 4 is 17.5 Å². The number of nitrogens with one attached hydrogen (secondary N) is 2. The monoisotopic (exact) mass is 238 g/mol. The number of rotatable bonds is 2. The van der Waals surface area contributed by atoms with Gasteiger partial charge in [0.1, 0.15) is 5.82 Å². The summed E-state index contributed by atoms with van der Waals surface area (Å²) in [6, 6.07) is 3.83. The number of benzene rings is 1. The Bertz CT molecular complexity index is 444. The van der Waals surface area contributed by atoms with E-state index < -0.39 is 11.8 Å². The lowest BCUT2D eigenvalue weighted by atomic mass is 10.2. The summed E-state index contributed by atoms with van der Waals surface area (Å²) >= 11 is 0. The average molecular weight is 238 g/mol. The van der Waals surface area contributed by atoms with Crippen molar-refractivity contribution in [3.05, 3.63) is 29.6 Å². The van der Waals surface area contributed by atoms with Crippen LogP contribution in [0.2, 0.25) is 0 Å². The highest BCUT2D eigenvalue weighted by atomic mass is 19.1. The van der Waals surface area contributed by atoms with Gasteiger partial charge in [-0.1, -0.05) is 0 Å². The third-order valence-electron chi connectivity index (χ3n) is 2.06. The topological polar surface area (TPSA) is 58.2 Å². The summed E-state index contributed by atoms with van der Waals surface area (Å²) in [5.41, 5.74) is 0.992. The van der Waals surface area contributed by atoms with Gasteiger partial charge in [-0.2, -0.15) is 0 Å². The van der Waals surface area contributed by atoms with Crippen molar-refractivity contribution in [1.29, 1.82) is 0 Å². The van der Waals surface area contributed by atoms with E-state index in [2.05, 4.69) is 10.6 Å². The molecule has 2 N–H and O–H groups in total. The van der Waals surface area contributed by atoms with Gasteiger partial charge in [0, 0.05) is 11.7 Å². The molecule has 4 nitrogen and oxygen atoms in total. The zero-order valence-electron chi connectivity index (χ0n) is 10.0. The summed E-state index contributed by atoms with van der Waals surface area (Å²) in [5, 5.41) is 4.89. The van der Waals surface area contributed by atoms with Crippen LogP contribution in [-0.4, -0.2) is 17.9 Å². The second-order valence-electron chi connectivity index (χ2n) is 4.04. The Labute approximate surface area is 99.2 Å². The van der Waals surface area contributed by atoms with Crippen molar-refractivity contribution in [1.82, 2.24) is 5.32 Å². The quantitative estimate of drug-likeness (QED) is 0.769. The minimum Gasteiger partial charge on any atom is -0.346 e. The first kappa shape index (κ1) is 13.2. The summed E-state index contributed by atoms with van der Waals surface area (Å²) in [6.45, 7) is 5.17. The number of halogens is 1. The number of aryl methyl sites for hydroxylation is 1. The first-order valence-electron chi connectivity index (χ1n) is 5.28. The van der Waals surface area contributed by atoms with Crippen molar-refractivity contribution < 1.29 is 14.0 Å². The van der Waals surface area contributed by atoms with Crippen LogP contribution in [-0.2, 0) is 9.59 Å². The Kier molecular flexibility index (Phi) is 4.20. The first-order chi connectivity index (χ1) is 7.90. The molecule has 0 atom stereocenters. The molecule has 1 aromatic rings. The SMILES string of the molecule is Cc1cc(F)ccc1NC(=O)C(=O)NC(C)C. The van der Waals surface area contributed by atoms with Gasteiger partial charge in [-0.25, -0.2) is 4.39 Å². The molecule has 0 saturated carbocycles. The summed E-state index contributed by atoms with van der Waals surface area (Å²) in [6.07, 6.45) is 0. The zero-order valence-corrected chi connectivity index (χ0v) is 10.0. The molecule has 1 rings (SSSR count). The van der Waals surface area contributed by atoms with Crippen molar-refractivity contribution in [2.45, 2.75) is 26.8 Å². The molecule has 0 radical (unpaired) electrons. The highest BCUT2D eigenvalue weighted by molar-refractivity contribution is 6.39. The molecule has 0 heterocycles. The normalized spacial score (nSPS) is 10.2. The van der Waals surface area contributed by atoms with Crippen LogP contribution < -0.4 is 10.6 Å². The van der Waals surface area contributed by atoms with Gasteiger partial charge in [-0.05, 0) is 44.5 Å². The molecular formula is C12H15FN2O2. The van der Waals surface area contributed by atoms with Crippen LogP contribution in [0.3, 0.4) is 0 Å². The maximum Gasteiger partial charge on any atom is 0.313 e. The molecule has 0 aromatic heterocycles. The molecule has 0 bridgehead atoms. The van der Waals surface area contributed by atoms with Gasteiger partial charge in [-0.15, -0.1) is 0 Å². The van der Waals surface area contributed by atoms with Crippen LogP contribution in [0.1, 0.15) is 19.4 Å². The van der Waals surface area contributed by atoms with Crippen molar-refractivity contribution in [3.63, 3.8) is 0 Å². The summed E-state index contributed by atoms with van der Waals surface area (Å²) < 4.78 is 12.8. The average Bonchev–Trinajstić information content (AvgIpc) is 2.21. The second kappa shape index (κ2) is 5.43. The van der Waals surface area contributed by atoms with E-state index >= 15 is 0 Å². The maximum atomic E-state index is 12.8. The van der Waals surface area contributed by atoms with Gasteiger partial charge >= 0.3 is 11.8 Å². The lowest BCUT2D eigenvalue weighted by Gasteiger charge is -2.10. The van der Waals surface area contributed by atoms with E-state index in [0.29, 0.717) is 11.3 Å². The lowest BCUT2D eigenvalue weighted by Crippen LogP contribution is -2.39. The Morgan fingerprint density at radius 1 is 1.24 bits per heavy atom. The van der Waals surface area contributed by atoms with E-state index in [1.54, 1.807) is 20.8 Å². The number of carbonyl (C=O) groups excluding carboxylic acids is 2. The Morgan fingerprint density at radius 3 is 2.41 bits per heavy atom. The van der Waals surface area contributed by atoms with Gasteiger partial charge in [-0.3, -0.25) is 9.59 Å². The van der Waals surface area contributed by atoms with Gasteiger partial charge in [0.25, 0.3) is 0 Å². The first-order valence-corrected chi connectivity index (χ1v) is 5.28. The lowest BCUT2D eigenvalue weighted by molar-refractivity contribution is -0.136. The molecule has 0 aliphatic carbocycles. The van der Waals surface area contributed by atoms with Gasteiger partial charge in [0.05, 0.1) is 0 Å². The Morgan fingerprint density at radius 2 is 1.88 bits per heavy atom. The van der Waals surface area contributed by atoms with E-state index in [9.17, 15) is 14.0 Å². The van der Waals surface area contributed by atoms with Crippen LogP contribution in [0.4, 0.5) is 10.1 Å². The molecule has 0 spiro atoms. The molecule has 17 heavy (non-hydrogen) atoms. The van der Waals surface area contributed by atoms with Crippen molar-refractivity contribution in [2.24, 2.45) is 0 Å². The van der Waals surface area contributed by atoms with Gasteiger partial charge in [0.15, 0.2) is 0 Å². The van der Waals surface area contributed by atoms with Crippen molar-refractivity contribution in [2.75, 3.05) is 5.32 Å². The summed E-state index contributed by atoms with van der Waals surface area (Å²) in [5.74, 6) is -1.84. The predicted octanol–water partition coefficient (Wildman–Crippen LogP) is 1.60. The van der Waals surface area contributed by atoms with E-state index in [4.69, 9.17) is 0 Å². The molecule has 0 unspecified atom stereocenters. The highest BCUT2D eigenvalue weighted by Gasteiger charge is 2.15. The number of hydrogen-bond donors (Lipinski definition) is 2. The molecule has 0 fully saturated rings. The summed E-state index contributed by atoms with van der Waals surface area (Å²) in [7, 11) is 0. The van der Waals surface area contributed by atoms with E-state index in [1.807, 2.05) is 0 Å². The minimum atomic E-state index is -0.756. The second-order valence-corrected chi connectivity index (χ2v) is 4.04. The largest absolute Gasteiger partial charge is 0.346 e. The molecule has 2 amide bonds. The Balaban J connectivity index is 2.71. The Hall–Kier alpha value is -1.91. The number of amides is 2. The highest BCUT2D eigenvalue weighted by Crippen LogP contribution is 2.15. The standard InChI is InChI=1S/C12H15FN2O2/c1-7(2)14-11(16)12(17)15-10-5-4-9(13)6-8(10)3/h4-7H,1-3H3,(H,14,16)(H,15,17). The van der Waals surface area contributed by atoms with Crippen LogP contribution in [0, 0.1) is 12.7 Å². The van der Waals surface area contributed by atoms with Crippen LogP contribution >= 0.6 is 0 Å². The van der Waals surface area contributed by atoms with Crippen molar-refractivity contribution in [3.8, 4) is 0 Å². The van der Waals surface area contributed by atoms with Gasteiger partial charge < -0.3 is 10.6 Å². The minimum absolute atomic E-state index is 0.109. The number of carbonyl (C=O) groups is 2. The fraction of sp³-hybridized carbons (Fsp3) is 0.333. The van der Waals surface area contributed by atoms with Crippen LogP contribution in [0.25, 0.3) is 0 Å². The smallest absolute Gasteiger partial charge is 0.313 e. The molecule has 1 aromatic carbocycles. The molecule has 92 valence electrons. The van der Waals surface area contributed by atoms with Crippen LogP contribution in [0.15, 0.2) is 18.2 Å². The number of hydrogen-bond acceptors (Lipinski definition) is 2. The van der Waals surface area contributed by atoms with E-state index in [-0.39, 0.29) is 11.9 Å². The molecule has 5 heteroatoms. The molecule has 0 saturated heterocycles. The predicted molar refractivity (Wildman–Crippen MR) is 63.0 cm³/mol. The number of anilines is 1. The van der Waals surface area contributed by atoms with Gasteiger partial charge in [0.2, 0.25) is 0 Å². The van der Waals surface area contributed by atoms with Crippen LogP contribution in [0.5, 0.6) is 0 Å². The molecule has 0 aliphatic heterocycles. The van der Waals surface area contributed by atoms with E-state index in [1.165, 1.54) is 18.2 Å². The third-order valence-corrected chi connectivity index (χ3v) is 2.06.